The number of aromatic nitrogens is 4. The van der Waals surface area contributed by atoms with Crippen molar-refractivity contribution in [2.24, 2.45) is 0 Å². The topological polar surface area (TPSA) is 222 Å². The highest BCUT2D eigenvalue weighted by molar-refractivity contribution is 6.09. The molecule has 0 aliphatic heterocycles. The number of furan rings is 4. The molecule has 0 atom stereocenters. The third kappa shape index (κ3) is 4.93. The molecule has 0 fully saturated rings. The smallest absolute Gasteiger partial charge is 0.367 e. The number of carbonyl (C=O) groups is 4. The Hall–Kier alpha value is -6.64. The summed E-state index contributed by atoms with van der Waals surface area (Å²) < 4.78 is 26.3. The number of aromatic carboxylic acids is 2. The second-order valence-electron chi connectivity index (χ2n) is 8.43. The van der Waals surface area contributed by atoms with Crippen molar-refractivity contribution in [3.05, 3.63) is 96.4 Å². The van der Waals surface area contributed by atoms with Crippen LogP contribution in [0.1, 0.15) is 42.0 Å². The number of carbonyl (C=O) groups excluding carboxylic acids is 2. The number of ether oxygens (including phenoxy) is 1. The maximum absolute atomic E-state index is 13.2. The molecule has 0 aromatic carbocycles. The van der Waals surface area contributed by atoms with Crippen molar-refractivity contribution in [2.75, 3.05) is 0 Å². The van der Waals surface area contributed by atoms with Gasteiger partial charge in [-0.1, -0.05) is 0 Å². The largest absolute Gasteiger partial charge is 0.476 e. The maximum Gasteiger partial charge on any atom is 0.367 e. The van der Waals surface area contributed by atoms with Gasteiger partial charge in [-0.05, 0) is 48.5 Å². The standard InChI is InChI=1S/C28H14N4O11/c33-25(34)21-23(31-19(15-7-3-11-41-15)17(29-21)13-5-1-9-39-13)27(37)43-28(38)24-22(26(35)36)30-18(14-6-2-10-40-14)20(32-24)16-8-4-12-42-16/h1-12H,(H,33,34)(H,35,36). The highest BCUT2D eigenvalue weighted by atomic mass is 16.6. The molecule has 0 spiro atoms. The van der Waals surface area contributed by atoms with Crippen LogP contribution in [0, 0.1) is 0 Å². The van der Waals surface area contributed by atoms with Gasteiger partial charge < -0.3 is 32.6 Å². The van der Waals surface area contributed by atoms with Crippen LogP contribution in [0.4, 0.5) is 0 Å². The normalized spacial score (nSPS) is 10.9. The molecule has 6 aromatic rings. The minimum absolute atomic E-state index is 0.0733. The summed E-state index contributed by atoms with van der Waals surface area (Å²) >= 11 is 0. The maximum atomic E-state index is 13.2. The first kappa shape index (κ1) is 26.6. The average Bonchev–Trinajstić information content (AvgIpc) is 3.84. The molecule has 0 unspecified atom stereocenters. The van der Waals surface area contributed by atoms with Gasteiger partial charge in [-0.3, -0.25) is 0 Å². The lowest BCUT2D eigenvalue weighted by atomic mass is 10.1. The summed E-state index contributed by atoms with van der Waals surface area (Å²) in [5, 5.41) is 19.6. The van der Waals surface area contributed by atoms with Crippen LogP contribution in [0.15, 0.2) is 91.3 Å². The van der Waals surface area contributed by atoms with E-state index in [4.69, 9.17) is 22.4 Å². The van der Waals surface area contributed by atoms with E-state index < -0.39 is 46.7 Å². The van der Waals surface area contributed by atoms with E-state index in [2.05, 4.69) is 19.9 Å². The van der Waals surface area contributed by atoms with E-state index in [0.29, 0.717) is 0 Å². The number of nitrogens with zero attached hydrogens (tertiary/aromatic N) is 4. The molecule has 0 saturated heterocycles. The van der Waals surface area contributed by atoms with Crippen molar-refractivity contribution in [1.82, 2.24) is 19.9 Å². The van der Waals surface area contributed by atoms with Gasteiger partial charge in [-0.2, -0.15) is 0 Å². The van der Waals surface area contributed by atoms with Gasteiger partial charge in [0.1, 0.15) is 22.8 Å². The summed E-state index contributed by atoms with van der Waals surface area (Å²) in [6.45, 7) is 0. The summed E-state index contributed by atoms with van der Waals surface area (Å²) in [7, 11) is 0. The zero-order chi connectivity index (χ0) is 30.1. The van der Waals surface area contributed by atoms with Crippen molar-refractivity contribution >= 4 is 23.9 Å². The first-order valence-electron chi connectivity index (χ1n) is 12.0. The molecular weight excluding hydrogens is 568 g/mol. The molecule has 212 valence electrons. The third-order valence-corrected chi connectivity index (χ3v) is 5.79. The first-order valence-corrected chi connectivity index (χ1v) is 12.0. The second kappa shape index (κ2) is 10.7. The zero-order valence-electron chi connectivity index (χ0n) is 21.3. The quantitative estimate of drug-likeness (QED) is 0.183. The molecule has 0 bridgehead atoms. The molecule has 0 aliphatic carbocycles. The van der Waals surface area contributed by atoms with E-state index in [9.17, 15) is 29.4 Å². The van der Waals surface area contributed by atoms with Crippen LogP contribution in [-0.4, -0.2) is 54.0 Å². The highest BCUT2D eigenvalue weighted by Crippen LogP contribution is 2.33. The summed E-state index contributed by atoms with van der Waals surface area (Å²) in [5.74, 6) is -6.09. The Labute approximate surface area is 238 Å². The van der Waals surface area contributed by atoms with Gasteiger partial charge in [0.25, 0.3) is 0 Å². The SMILES string of the molecule is O=C(O)c1nc(-c2ccco2)c(-c2ccco2)nc1C(=O)OC(=O)c1nc(-c2ccco2)c(-c2ccco2)nc1C(=O)O. The molecule has 6 rings (SSSR count). The Morgan fingerprint density at radius 3 is 1.00 bits per heavy atom. The molecule has 6 aromatic heterocycles. The Balaban J connectivity index is 1.44. The lowest BCUT2D eigenvalue weighted by Crippen LogP contribution is -2.23. The van der Waals surface area contributed by atoms with Gasteiger partial charge in [-0.25, -0.2) is 39.1 Å². The van der Waals surface area contributed by atoms with Crippen molar-refractivity contribution in [2.45, 2.75) is 0 Å². The fraction of sp³-hybridized carbons (Fsp3) is 0. The third-order valence-electron chi connectivity index (χ3n) is 5.79. The second-order valence-corrected chi connectivity index (χ2v) is 8.43. The number of rotatable bonds is 8. The van der Waals surface area contributed by atoms with Gasteiger partial charge in [0.05, 0.1) is 25.1 Å². The number of esters is 2. The van der Waals surface area contributed by atoms with Crippen LogP contribution in [0.2, 0.25) is 0 Å². The fourth-order valence-corrected chi connectivity index (χ4v) is 3.97. The molecule has 2 N–H and O–H groups in total. The predicted octanol–water partition coefficient (Wildman–Crippen LogP) is 4.70. The van der Waals surface area contributed by atoms with Crippen molar-refractivity contribution < 1.29 is 51.8 Å². The van der Waals surface area contributed by atoms with Crippen molar-refractivity contribution in [1.29, 1.82) is 0 Å². The monoisotopic (exact) mass is 582 g/mol. The van der Waals surface area contributed by atoms with Crippen molar-refractivity contribution in [3.8, 4) is 45.8 Å². The van der Waals surface area contributed by atoms with E-state index in [0.717, 1.165) is 0 Å². The molecule has 6 heterocycles. The highest BCUT2D eigenvalue weighted by Gasteiger charge is 2.33. The Morgan fingerprint density at radius 2 is 0.767 bits per heavy atom. The molecule has 0 aliphatic rings. The van der Waals surface area contributed by atoms with Crippen LogP contribution >= 0.6 is 0 Å². The van der Waals surface area contributed by atoms with E-state index >= 15 is 0 Å². The van der Waals surface area contributed by atoms with Gasteiger partial charge in [0.2, 0.25) is 0 Å². The van der Waals surface area contributed by atoms with Gasteiger partial charge >= 0.3 is 23.9 Å². The summed E-state index contributed by atoms with van der Waals surface area (Å²) in [4.78, 5) is 66.9. The molecule has 0 amide bonds. The van der Waals surface area contributed by atoms with E-state index in [1.165, 1.54) is 73.6 Å². The van der Waals surface area contributed by atoms with Crippen LogP contribution < -0.4 is 0 Å². The lowest BCUT2D eigenvalue weighted by Gasteiger charge is -2.11. The Bertz CT molecular complexity index is 1830. The van der Waals surface area contributed by atoms with Gasteiger partial charge in [0.15, 0.2) is 45.8 Å². The summed E-state index contributed by atoms with van der Waals surface area (Å²) in [6.07, 6.45) is 5.26. The minimum atomic E-state index is -1.68. The van der Waals surface area contributed by atoms with E-state index in [1.54, 1.807) is 0 Å². The average molecular weight is 582 g/mol. The molecular formula is C28H14N4O11. The summed E-state index contributed by atoms with van der Waals surface area (Å²) in [6, 6.07) is 12.0. The summed E-state index contributed by atoms with van der Waals surface area (Å²) in [5.41, 5.74) is -3.87. The molecule has 0 radical (unpaired) electrons. The zero-order valence-corrected chi connectivity index (χ0v) is 21.3. The lowest BCUT2D eigenvalue weighted by molar-refractivity contribution is 0.0376. The fourth-order valence-electron chi connectivity index (χ4n) is 3.97. The number of hydrogen-bond acceptors (Lipinski definition) is 13. The first-order chi connectivity index (χ1) is 20.8. The number of hydrogen-bond donors (Lipinski definition) is 2. The van der Waals surface area contributed by atoms with Crippen LogP contribution in [0.25, 0.3) is 45.8 Å². The van der Waals surface area contributed by atoms with Gasteiger partial charge in [0, 0.05) is 0 Å². The number of carboxylic acid groups (broad SMARTS) is 2. The Kier molecular flexibility index (Phi) is 6.63. The predicted molar refractivity (Wildman–Crippen MR) is 139 cm³/mol. The Morgan fingerprint density at radius 1 is 0.488 bits per heavy atom. The van der Waals surface area contributed by atoms with Crippen molar-refractivity contribution in [3.63, 3.8) is 0 Å². The van der Waals surface area contributed by atoms with Crippen LogP contribution in [0.5, 0.6) is 0 Å². The van der Waals surface area contributed by atoms with E-state index in [1.807, 2.05) is 0 Å². The molecule has 43 heavy (non-hydrogen) atoms. The van der Waals surface area contributed by atoms with Gasteiger partial charge in [-0.15, -0.1) is 0 Å². The number of carboxylic acids is 2. The van der Waals surface area contributed by atoms with E-state index in [-0.39, 0.29) is 45.8 Å². The van der Waals surface area contributed by atoms with Crippen LogP contribution in [-0.2, 0) is 4.74 Å². The minimum Gasteiger partial charge on any atom is -0.476 e. The molecule has 0 saturated carbocycles. The molecule has 15 nitrogen and oxygen atoms in total. The molecule has 15 heteroatoms. The van der Waals surface area contributed by atoms with Crippen LogP contribution in [0.3, 0.4) is 0 Å².